The van der Waals surface area contributed by atoms with Gasteiger partial charge in [0.05, 0.1) is 19.3 Å². The summed E-state index contributed by atoms with van der Waals surface area (Å²) >= 11 is 5.60. The molecule has 0 spiro atoms. The van der Waals surface area contributed by atoms with Gasteiger partial charge in [-0.25, -0.2) is 4.98 Å². The van der Waals surface area contributed by atoms with Gasteiger partial charge in [0.1, 0.15) is 13.1 Å². The fraction of sp³-hybridized carbons (Fsp3) is 0.333. The number of rotatable bonds is 2. The Balaban J connectivity index is 1.59. The predicted octanol–water partition coefficient (Wildman–Crippen LogP) is 2.64. The van der Waals surface area contributed by atoms with Gasteiger partial charge in [-0.15, -0.1) is 0 Å². The summed E-state index contributed by atoms with van der Waals surface area (Å²) in [4.78, 5) is 7.90. The summed E-state index contributed by atoms with van der Waals surface area (Å²) < 4.78 is 0. The second kappa shape index (κ2) is 6.96. The lowest BCUT2D eigenvalue weighted by atomic mass is 10.1. The lowest BCUT2D eigenvalue weighted by Crippen LogP contribution is -2.51. The zero-order chi connectivity index (χ0) is 16.2. The Labute approximate surface area is 143 Å². The van der Waals surface area contributed by atoms with Crippen LogP contribution in [0.3, 0.4) is 0 Å². The summed E-state index contributed by atoms with van der Waals surface area (Å²) in [5.74, 6) is 1.17. The summed E-state index contributed by atoms with van der Waals surface area (Å²) in [6.45, 7) is 8.05. The van der Waals surface area contributed by atoms with Gasteiger partial charge in [0.15, 0.2) is 5.11 Å². The molecule has 4 nitrogen and oxygen atoms in total. The van der Waals surface area contributed by atoms with E-state index in [4.69, 9.17) is 12.2 Å². The van der Waals surface area contributed by atoms with Crippen molar-refractivity contribution >= 4 is 28.8 Å². The molecule has 1 aromatic heterocycles. The zero-order valence-electron chi connectivity index (χ0n) is 13.7. The molecule has 1 aliphatic heterocycles. The van der Waals surface area contributed by atoms with E-state index >= 15 is 0 Å². The highest BCUT2D eigenvalue weighted by atomic mass is 32.1. The van der Waals surface area contributed by atoms with E-state index in [9.17, 15) is 0 Å². The predicted molar refractivity (Wildman–Crippen MR) is 98.9 cm³/mol. The molecule has 1 saturated heterocycles. The van der Waals surface area contributed by atoms with Crippen molar-refractivity contribution in [2.24, 2.45) is 0 Å². The SMILES string of the molecule is Cc1cccc(NC(=S)N2CCN(c3cccc[nH+]3)CC2)c1C. The highest BCUT2D eigenvalue weighted by Crippen LogP contribution is 2.19. The lowest BCUT2D eigenvalue weighted by molar-refractivity contribution is -0.364. The molecule has 0 bridgehead atoms. The van der Waals surface area contributed by atoms with E-state index < -0.39 is 0 Å². The lowest BCUT2D eigenvalue weighted by Gasteiger charge is -2.33. The normalized spacial score (nSPS) is 14.7. The van der Waals surface area contributed by atoms with Crippen molar-refractivity contribution in [3.63, 3.8) is 0 Å². The molecule has 1 fully saturated rings. The Morgan fingerprint density at radius 3 is 2.52 bits per heavy atom. The average molecular weight is 327 g/mol. The Morgan fingerprint density at radius 1 is 1.04 bits per heavy atom. The topological polar surface area (TPSA) is 32.6 Å². The molecular formula is C18H23N4S+. The average Bonchev–Trinajstić information content (AvgIpc) is 2.60. The number of aromatic amines is 1. The van der Waals surface area contributed by atoms with Crippen LogP contribution in [0.5, 0.6) is 0 Å². The minimum atomic E-state index is 0.815. The number of H-pyrrole nitrogens is 1. The zero-order valence-corrected chi connectivity index (χ0v) is 14.5. The first-order valence-electron chi connectivity index (χ1n) is 7.99. The molecule has 0 radical (unpaired) electrons. The van der Waals surface area contributed by atoms with E-state index in [1.165, 1.54) is 16.9 Å². The molecule has 23 heavy (non-hydrogen) atoms. The van der Waals surface area contributed by atoms with Gasteiger partial charge >= 0.3 is 0 Å². The third kappa shape index (κ3) is 3.62. The van der Waals surface area contributed by atoms with Gasteiger partial charge in [-0.3, -0.25) is 4.90 Å². The smallest absolute Gasteiger partial charge is 0.274 e. The number of hydrogen-bond acceptors (Lipinski definition) is 2. The van der Waals surface area contributed by atoms with E-state index in [2.05, 4.69) is 64.3 Å². The van der Waals surface area contributed by atoms with Crippen molar-refractivity contribution in [3.8, 4) is 0 Å². The van der Waals surface area contributed by atoms with Gasteiger partial charge in [-0.05, 0) is 49.3 Å². The summed E-state index contributed by atoms with van der Waals surface area (Å²) in [5, 5.41) is 4.22. The molecule has 0 aliphatic carbocycles. The van der Waals surface area contributed by atoms with Gasteiger partial charge < -0.3 is 10.2 Å². The van der Waals surface area contributed by atoms with E-state index in [1.54, 1.807) is 0 Å². The van der Waals surface area contributed by atoms with Crippen LogP contribution in [0.2, 0.25) is 0 Å². The Kier molecular flexibility index (Phi) is 4.76. The number of aryl methyl sites for hydroxylation is 1. The molecule has 0 atom stereocenters. The quantitative estimate of drug-likeness (QED) is 0.860. The number of piperazine rings is 1. The van der Waals surface area contributed by atoms with E-state index in [1.807, 2.05) is 12.3 Å². The third-order valence-electron chi connectivity index (χ3n) is 4.45. The van der Waals surface area contributed by atoms with E-state index in [0.29, 0.717) is 0 Å². The molecule has 1 aliphatic rings. The summed E-state index contributed by atoms with van der Waals surface area (Å²) in [7, 11) is 0. The molecule has 2 heterocycles. The van der Waals surface area contributed by atoms with Crippen LogP contribution >= 0.6 is 12.2 Å². The van der Waals surface area contributed by atoms with Crippen LogP contribution in [0.15, 0.2) is 42.6 Å². The third-order valence-corrected chi connectivity index (χ3v) is 4.81. The largest absolute Gasteiger partial charge is 0.341 e. The first-order valence-corrected chi connectivity index (χ1v) is 8.40. The Hall–Kier alpha value is -2.14. The molecule has 0 saturated carbocycles. The van der Waals surface area contributed by atoms with Crippen molar-refractivity contribution in [2.75, 3.05) is 36.4 Å². The van der Waals surface area contributed by atoms with Crippen molar-refractivity contribution in [1.82, 2.24) is 4.90 Å². The van der Waals surface area contributed by atoms with Crippen molar-refractivity contribution in [3.05, 3.63) is 53.7 Å². The maximum absolute atomic E-state index is 5.60. The van der Waals surface area contributed by atoms with Crippen molar-refractivity contribution in [2.45, 2.75) is 13.8 Å². The standard InChI is InChI=1S/C18H22N4S/c1-14-6-5-7-16(15(14)2)20-18(23)22-12-10-21(11-13-22)17-8-3-4-9-19-17/h3-9H,10-13H2,1-2H3,(H,20,23)/p+1. The van der Waals surface area contributed by atoms with Crippen LogP contribution in [-0.4, -0.2) is 36.2 Å². The van der Waals surface area contributed by atoms with Crippen LogP contribution in [0.1, 0.15) is 11.1 Å². The molecule has 0 amide bonds. The monoisotopic (exact) mass is 327 g/mol. The molecule has 120 valence electrons. The number of hydrogen-bond donors (Lipinski definition) is 1. The van der Waals surface area contributed by atoms with Crippen molar-refractivity contribution in [1.29, 1.82) is 0 Å². The number of pyridine rings is 1. The maximum atomic E-state index is 5.60. The van der Waals surface area contributed by atoms with Gasteiger partial charge in [0, 0.05) is 11.8 Å². The number of aromatic nitrogens is 1. The first-order chi connectivity index (χ1) is 11.1. The number of nitrogens with one attached hydrogen (secondary N) is 2. The van der Waals surface area contributed by atoms with Crippen LogP contribution in [0, 0.1) is 13.8 Å². The van der Waals surface area contributed by atoms with E-state index in [0.717, 1.165) is 37.0 Å². The molecule has 3 rings (SSSR count). The van der Waals surface area contributed by atoms with Crippen LogP contribution < -0.4 is 15.2 Å². The number of thiocarbonyl (C=S) groups is 1. The molecular weight excluding hydrogens is 304 g/mol. The molecule has 2 N–H and O–H groups in total. The first kappa shape index (κ1) is 15.7. The molecule has 0 unspecified atom stereocenters. The highest BCUT2D eigenvalue weighted by molar-refractivity contribution is 7.80. The van der Waals surface area contributed by atoms with Gasteiger partial charge in [-0.2, -0.15) is 0 Å². The van der Waals surface area contributed by atoms with Crippen LogP contribution in [-0.2, 0) is 0 Å². The number of nitrogens with zero attached hydrogens (tertiary/aromatic N) is 2. The second-order valence-electron chi connectivity index (χ2n) is 5.90. The summed E-state index contributed by atoms with van der Waals surface area (Å²) in [6.07, 6.45) is 1.97. The van der Waals surface area contributed by atoms with Crippen molar-refractivity contribution < 1.29 is 4.98 Å². The minimum Gasteiger partial charge on any atom is -0.341 e. The number of benzene rings is 1. The highest BCUT2D eigenvalue weighted by Gasteiger charge is 2.24. The Morgan fingerprint density at radius 2 is 1.83 bits per heavy atom. The Bertz CT molecular complexity index is 679. The fourth-order valence-corrected chi connectivity index (χ4v) is 3.10. The minimum absolute atomic E-state index is 0.815. The second-order valence-corrected chi connectivity index (χ2v) is 6.29. The number of anilines is 2. The van der Waals surface area contributed by atoms with E-state index in [-0.39, 0.29) is 0 Å². The van der Waals surface area contributed by atoms with Gasteiger partial charge in [0.2, 0.25) is 0 Å². The molecule has 5 heteroatoms. The fourth-order valence-electron chi connectivity index (χ4n) is 2.81. The molecule has 2 aromatic rings. The maximum Gasteiger partial charge on any atom is 0.274 e. The van der Waals surface area contributed by atoms with Gasteiger partial charge in [0.25, 0.3) is 5.82 Å². The summed E-state index contributed by atoms with van der Waals surface area (Å²) in [5.41, 5.74) is 3.64. The molecule has 1 aromatic carbocycles. The van der Waals surface area contributed by atoms with Crippen LogP contribution in [0.25, 0.3) is 0 Å². The van der Waals surface area contributed by atoms with Gasteiger partial charge in [-0.1, -0.05) is 18.2 Å². The summed E-state index contributed by atoms with van der Waals surface area (Å²) in [6, 6.07) is 12.5. The van der Waals surface area contributed by atoms with Crippen LogP contribution in [0.4, 0.5) is 11.5 Å².